The van der Waals surface area contributed by atoms with Crippen molar-refractivity contribution >= 4 is 43.6 Å². The Labute approximate surface area is 287 Å². The molecule has 0 unspecified atom stereocenters. The van der Waals surface area contributed by atoms with Crippen molar-refractivity contribution in [3.05, 3.63) is 168 Å². The molecule has 0 spiro atoms. The highest BCUT2D eigenvalue weighted by Gasteiger charge is 2.20. The minimum absolute atomic E-state index is 0.532. The third kappa shape index (κ3) is 4.31. The molecule has 0 atom stereocenters. The average Bonchev–Trinajstić information content (AvgIpc) is 3.70. The zero-order valence-corrected chi connectivity index (χ0v) is 26.7. The topological polar surface area (TPSA) is 81.2 Å². The van der Waals surface area contributed by atoms with Gasteiger partial charge >= 0.3 is 0 Å². The van der Waals surface area contributed by atoms with Crippen molar-refractivity contribution in [2.75, 3.05) is 0 Å². The van der Waals surface area contributed by atoms with E-state index in [9.17, 15) is 15.8 Å². The van der Waals surface area contributed by atoms with Gasteiger partial charge in [-0.3, -0.25) is 0 Å². The van der Waals surface area contributed by atoms with Crippen LogP contribution < -0.4 is 0 Å². The highest BCUT2D eigenvalue weighted by atomic mass is 15.0. The summed E-state index contributed by atoms with van der Waals surface area (Å²) >= 11 is 0. The average molecular weight is 636 g/mol. The summed E-state index contributed by atoms with van der Waals surface area (Å²) in [5, 5.41) is 34.4. The zero-order valence-electron chi connectivity index (χ0n) is 26.7. The summed E-state index contributed by atoms with van der Waals surface area (Å²) in [5.74, 6) is 0. The predicted molar refractivity (Wildman–Crippen MR) is 200 cm³/mol. The summed E-state index contributed by atoms with van der Waals surface area (Å²) in [4.78, 5) is 0. The summed E-state index contributed by atoms with van der Waals surface area (Å²) in [6.07, 6.45) is 0. The number of para-hydroxylation sites is 4. The van der Waals surface area contributed by atoms with Gasteiger partial charge in [0.15, 0.2) is 0 Å². The van der Waals surface area contributed by atoms with Gasteiger partial charge in [0.25, 0.3) is 0 Å². The molecule has 0 saturated carbocycles. The standard InChI is InChI=1S/C45H25N5/c46-26-29-16-23-44-40(24-29)38-12-7-8-33(28-48)45(38)50(44)43-15-6-3-11-37(43)39-25-31(17-18-32(39)27-47)30-19-21-34(22-20-30)49-41-13-4-1-9-35(41)36-10-2-5-14-42(36)49/h1-25H. The zero-order chi connectivity index (χ0) is 33.8. The Bertz CT molecular complexity index is 2900. The van der Waals surface area contributed by atoms with Gasteiger partial charge in [-0.2, -0.15) is 15.8 Å². The molecule has 0 amide bonds. The third-order valence-electron chi connectivity index (χ3n) is 9.65. The van der Waals surface area contributed by atoms with Gasteiger partial charge in [-0.25, -0.2) is 0 Å². The van der Waals surface area contributed by atoms with Crippen molar-refractivity contribution in [1.29, 1.82) is 15.8 Å². The van der Waals surface area contributed by atoms with Gasteiger partial charge in [0.05, 0.1) is 56.6 Å². The Hall–Kier alpha value is -7.39. The molecule has 9 aromatic rings. The van der Waals surface area contributed by atoms with E-state index >= 15 is 0 Å². The Morgan fingerprint density at radius 3 is 1.76 bits per heavy atom. The maximum Gasteiger partial charge on any atom is 0.101 e. The molecule has 0 saturated heterocycles. The second-order valence-electron chi connectivity index (χ2n) is 12.3. The summed E-state index contributed by atoms with van der Waals surface area (Å²) in [5.41, 5.74) is 11.2. The van der Waals surface area contributed by atoms with Crippen LogP contribution in [0.1, 0.15) is 16.7 Å². The number of hydrogen-bond acceptors (Lipinski definition) is 3. The molecule has 2 heterocycles. The van der Waals surface area contributed by atoms with E-state index in [0.29, 0.717) is 16.7 Å². The molecule has 0 bridgehead atoms. The fraction of sp³-hybridized carbons (Fsp3) is 0. The van der Waals surface area contributed by atoms with E-state index in [1.165, 1.54) is 10.8 Å². The molecule has 0 radical (unpaired) electrons. The first-order valence-electron chi connectivity index (χ1n) is 16.3. The first-order valence-corrected chi connectivity index (χ1v) is 16.3. The van der Waals surface area contributed by atoms with E-state index in [1.807, 2.05) is 66.7 Å². The third-order valence-corrected chi connectivity index (χ3v) is 9.65. The van der Waals surface area contributed by atoms with Gasteiger partial charge in [-0.1, -0.05) is 84.9 Å². The smallest absolute Gasteiger partial charge is 0.101 e. The summed E-state index contributed by atoms with van der Waals surface area (Å²) < 4.78 is 4.39. The summed E-state index contributed by atoms with van der Waals surface area (Å²) in [6, 6.07) is 57.8. The molecular formula is C45H25N5. The molecule has 5 nitrogen and oxygen atoms in total. The largest absolute Gasteiger partial charge is 0.309 e. The van der Waals surface area contributed by atoms with Gasteiger partial charge < -0.3 is 9.13 Å². The normalized spacial score (nSPS) is 11.1. The number of nitriles is 3. The number of hydrogen-bond donors (Lipinski definition) is 0. The van der Waals surface area contributed by atoms with Crippen LogP contribution in [0.25, 0.3) is 77.2 Å². The SMILES string of the molecule is N#Cc1ccc2c(c1)c1cccc(C#N)c1n2-c1ccccc1-c1cc(-c2ccc(-n3c4ccccc4c4ccccc43)cc2)ccc1C#N. The summed E-state index contributed by atoms with van der Waals surface area (Å²) in [7, 11) is 0. The van der Waals surface area contributed by atoms with Crippen LogP contribution >= 0.6 is 0 Å². The highest BCUT2D eigenvalue weighted by molar-refractivity contribution is 6.12. The Morgan fingerprint density at radius 2 is 1.04 bits per heavy atom. The van der Waals surface area contributed by atoms with Crippen molar-refractivity contribution in [3.63, 3.8) is 0 Å². The predicted octanol–water partition coefficient (Wildman–Crippen LogP) is 10.8. The van der Waals surface area contributed by atoms with Crippen molar-refractivity contribution in [1.82, 2.24) is 9.13 Å². The molecule has 0 fully saturated rings. The van der Waals surface area contributed by atoms with Crippen molar-refractivity contribution in [2.24, 2.45) is 0 Å². The van der Waals surface area contributed by atoms with E-state index in [1.54, 1.807) is 6.07 Å². The second kappa shape index (κ2) is 11.4. The number of nitrogens with zero attached hydrogens (tertiary/aromatic N) is 5. The fourth-order valence-electron chi connectivity index (χ4n) is 7.42. The van der Waals surface area contributed by atoms with Gasteiger partial charge in [-0.15, -0.1) is 0 Å². The fourth-order valence-corrected chi connectivity index (χ4v) is 7.42. The van der Waals surface area contributed by atoms with Crippen LogP contribution in [-0.2, 0) is 0 Å². The van der Waals surface area contributed by atoms with E-state index in [0.717, 1.165) is 66.5 Å². The number of fused-ring (bicyclic) bond motifs is 6. The van der Waals surface area contributed by atoms with Gasteiger partial charge in [0.2, 0.25) is 0 Å². The lowest BCUT2D eigenvalue weighted by atomic mass is 9.93. The first kappa shape index (κ1) is 28.8. The van der Waals surface area contributed by atoms with E-state index in [-0.39, 0.29) is 0 Å². The van der Waals surface area contributed by atoms with Gasteiger partial charge in [-0.05, 0) is 77.9 Å². The van der Waals surface area contributed by atoms with Crippen LogP contribution in [0.2, 0.25) is 0 Å². The van der Waals surface area contributed by atoms with E-state index < -0.39 is 0 Å². The van der Waals surface area contributed by atoms with Gasteiger partial charge in [0.1, 0.15) is 6.07 Å². The summed E-state index contributed by atoms with van der Waals surface area (Å²) in [6.45, 7) is 0. The van der Waals surface area contributed by atoms with Crippen molar-refractivity contribution in [3.8, 4) is 51.8 Å². The minimum Gasteiger partial charge on any atom is -0.309 e. The first-order chi connectivity index (χ1) is 24.7. The molecule has 0 aliphatic carbocycles. The maximum absolute atomic E-state index is 10.3. The number of benzene rings is 7. The lowest BCUT2D eigenvalue weighted by molar-refractivity contribution is 1.18. The monoisotopic (exact) mass is 635 g/mol. The lowest BCUT2D eigenvalue weighted by Crippen LogP contribution is -2.00. The molecule has 230 valence electrons. The van der Waals surface area contributed by atoms with Crippen LogP contribution in [0.4, 0.5) is 0 Å². The quantitative estimate of drug-likeness (QED) is 0.193. The number of aromatic nitrogens is 2. The molecule has 0 N–H and O–H groups in total. The Morgan fingerprint density at radius 1 is 0.400 bits per heavy atom. The van der Waals surface area contributed by atoms with Crippen LogP contribution in [0.5, 0.6) is 0 Å². The molecule has 5 heteroatoms. The van der Waals surface area contributed by atoms with E-state index in [4.69, 9.17) is 0 Å². The molecule has 0 aliphatic rings. The van der Waals surface area contributed by atoms with Crippen LogP contribution in [0.3, 0.4) is 0 Å². The molecular weight excluding hydrogens is 611 g/mol. The van der Waals surface area contributed by atoms with Gasteiger partial charge in [0, 0.05) is 38.4 Å². The molecule has 9 rings (SSSR count). The number of rotatable bonds is 4. The van der Waals surface area contributed by atoms with Crippen LogP contribution in [0, 0.1) is 34.0 Å². The molecule has 0 aliphatic heterocycles. The molecule has 7 aromatic carbocycles. The maximum atomic E-state index is 10.3. The molecule has 2 aromatic heterocycles. The Balaban J connectivity index is 1.21. The van der Waals surface area contributed by atoms with Crippen molar-refractivity contribution in [2.45, 2.75) is 0 Å². The van der Waals surface area contributed by atoms with Crippen LogP contribution in [0.15, 0.2) is 152 Å². The van der Waals surface area contributed by atoms with E-state index in [2.05, 4.69) is 106 Å². The minimum atomic E-state index is 0.532. The van der Waals surface area contributed by atoms with Crippen LogP contribution in [-0.4, -0.2) is 9.13 Å². The lowest BCUT2D eigenvalue weighted by Gasteiger charge is -2.16. The molecule has 50 heavy (non-hydrogen) atoms. The Kier molecular flexibility index (Phi) is 6.56. The highest BCUT2D eigenvalue weighted by Crippen LogP contribution is 2.40. The second-order valence-corrected chi connectivity index (χ2v) is 12.3. The van der Waals surface area contributed by atoms with Crippen molar-refractivity contribution < 1.29 is 0 Å².